The average molecular weight is 609 g/mol. The number of hydrogen-bond donors (Lipinski definition) is 4. The molecule has 1 aromatic rings. The quantitative estimate of drug-likeness (QED) is 0.199. The Hall–Kier alpha value is -2.88. The summed E-state index contributed by atoms with van der Waals surface area (Å²) in [6, 6.07) is 2.74. The maximum absolute atomic E-state index is 14.2. The van der Waals surface area contributed by atoms with E-state index >= 15 is 0 Å². The molecule has 2 amide bonds. The number of nitrogens with zero attached hydrogens (tertiary/aromatic N) is 1. The van der Waals surface area contributed by atoms with Crippen LogP contribution in [0.5, 0.6) is 11.5 Å². The lowest BCUT2D eigenvalue weighted by Gasteiger charge is -2.58. The molecule has 1 aliphatic heterocycles. The summed E-state index contributed by atoms with van der Waals surface area (Å²) in [4.78, 5) is 29.7. The molecule has 1 heterocycles. The number of carbonyl (C=O) groups is 2. The van der Waals surface area contributed by atoms with Crippen molar-refractivity contribution >= 4 is 11.8 Å². The van der Waals surface area contributed by atoms with E-state index in [1.54, 1.807) is 18.2 Å². The molecule has 44 heavy (non-hydrogen) atoms. The standard InChI is InChI=1S/C35H48N2O7/c1-3-4-5-6-7-29(40)37(20-35-16-21-10-22(17-35)12-23(11-21)18-35)27-15-26(34(42)36-8-9-38)30-25-13-24(19-39)14-28(43-2)32(25)44-33(30)31(27)41/h3,13-15,21-23,27,30-31,33,38-39,41H,1,4-12,16-20H2,2H3,(H,36,42). The smallest absolute Gasteiger partial charge is 0.247 e. The molecule has 9 heteroatoms. The van der Waals surface area contributed by atoms with Crippen molar-refractivity contribution in [2.24, 2.45) is 23.2 Å². The van der Waals surface area contributed by atoms with Crippen LogP contribution in [-0.4, -0.2) is 77.1 Å². The Balaban J connectivity index is 1.38. The number of amides is 2. The first kappa shape index (κ1) is 31.1. The summed E-state index contributed by atoms with van der Waals surface area (Å²) < 4.78 is 12.0. The summed E-state index contributed by atoms with van der Waals surface area (Å²) in [5, 5.41) is 34.3. The number of aliphatic hydroxyl groups excluding tert-OH is 3. The van der Waals surface area contributed by atoms with Gasteiger partial charge in [-0.25, -0.2) is 0 Å². The summed E-state index contributed by atoms with van der Waals surface area (Å²) in [6.45, 7) is 4.02. The number of benzene rings is 1. The van der Waals surface area contributed by atoms with E-state index in [1.807, 2.05) is 11.0 Å². The first-order valence-electron chi connectivity index (χ1n) is 16.5. The predicted octanol–water partition coefficient (Wildman–Crippen LogP) is 3.60. The van der Waals surface area contributed by atoms with Crippen LogP contribution in [-0.2, 0) is 16.2 Å². The van der Waals surface area contributed by atoms with Crippen LogP contribution in [0.4, 0.5) is 0 Å². The lowest BCUT2D eigenvalue weighted by Crippen LogP contribution is -2.59. The second-order valence-corrected chi connectivity index (χ2v) is 14.0. The minimum atomic E-state index is -1.09. The van der Waals surface area contributed by atoms with Crippen LogP contribution in [0, 0.1) is 23.2 Å². The number of aliphatic hydroxyl groups is 3. The highest BCUT2D eigenvalue weighted by Crippen LogP contribution is 2.60. The summed E-state index contributed by atoms with van der Waals surface area (Å²) in [6.07, 6.45) is 11.8. The van der Waals surface area contributed by atoms with E-state index in [-0.39, 0.29) is 37.0 Å². The largest absolute Gasteiger partial charge is 0.493 e. The maximum Gasteiger partial charge on any atom is 0.247 e. The molecule has 4 unspecified atom stereocenters. The van der Waals surface area contributed by atoms with Crippen molar-refractivity contribution < 1.29 is 34.4 Å². The van der Waals surface area contributed by atoms with E-state index in [9.17, 15) is 24.9 Å². The van der Waals surface area contributed by atoms with E-state index < -0.39 is 24.2 Å². The Labute approximate surface area is 260 Å². The molecule has 6 aliphatic rings. The van der Waals surface area contributed by atoms with Crippen molar-refractivity contribution in [1.82, 2.24) is 10.2 Å². The summed E-state index contributed by atoms with van der Waals surface area (Å²) in [7, 11) is 1.52. The van der Waals surface area contributed by atoms with Crippen LogP contribution in [0.2, 0.25) is 0 Å². The van der Waals surface area contributed by atoms with E-state index in [1.165, 1.54) is 26.4 Å². The van der Waals surface area contributed by atoms with E-state index in [4.69, 9.17) is 9.47 Å². The molecule has 5 aliphatic carbocycles. The molecule has 4 N–H and O–H groups in total. The van der Waals surface area contributed by atoms with Gasteiger partial charge in [0, 0.05) is 30.6 Å². The van der Waals surface area contributed by atoms with Gasteiger partial charge in [-0.1, -0.05) is 6.08 Å². The molecule has 0 saturated heterocycles. The predicted molar refractivity (Wildman–Crippen MR) is 165 cm³/mol. The van der Waals surface area contributed by atoms with Gasteiger partial charge in [0.15, 0.2) is 11.5 Å². The van der Waals surface area contributed by atoms with Crippen LogP contribution < -0.4 is 14.8 Å². The first-order chi connectivity index (χ1) is 21.3. The topological polar surface area (TPSA) is 129 Å². The summed E-state index contributed by atoms with van der Waals surface area (Å²) >= 11 is 0. The van der Waals surface area contributed by atoms with Gasteiger partial charge in [-0.3, -0.25) is 9.59 Å². The number of unbranched alkanes of at least 4 members (excludes halogenated alkanes) is 2. The van der Waals surface area contributed by atoms with Gasteiger partial charge in [-0.05, 0) is 105 Å². The number of nitrogens with one attached hydrogen (secondary N) is 1. The van der Waals surface area contributed by atoms with Crippen LogP contribution in [0.15, 0.2) is 36.4 Å². The third-order valence-electron chi connectivity index (χ3n) is 10.9. The average Bonchev–Trinajstić information content (AvgIpc) is 3.40. The van der Waals surface area contributed by atoms with Crippen molar-refractivity contribution in [2.45, 2.75) is 95.0 Å². The summed E-state index contributed by atoms with van der Waals surface area (Å²) in [5.41, 5.74) is 1.69. The third kappa shape index (κ3) is 5.79. The molecular weight excluding hydrogens is 560 g/mol. The molecule has 4 saturated carbocycles. The molecule has 0 aromatic heterocycles. The maximum atomic E-state index is 14.2. The fraction of sp³-hybridized carbons (Fsp3) is 0.657. The number of fused-ring (bicyclic) bond motifs is 3. The van der Waals surface area contributed by atoms with Crippen molar-refractivity contribution in [3.63, 3.8) is 0 Å². The number of hydrogen-bond acceptors (Lipinski definition) is 7. The Morgan fingerprint density at radius 3 is 2.45 bits per heavy atom. The molecule has 0 radical (unpaired) electrons. The first-order valence-corrected chi connectivity index (χ1v) is 16.5. The number of carbonyl (C=O) groups excluding carboxylic acids is 2. The number of methoxy groups -OCH3 is 1. The van der Waals surface area contributed by atoms with Gasteiger partial charge < -0.3 is 35.0 Å². The molecule has 0 spiro atoms. The van der Waals surface area contributed by atoms with Crippen molar-refractivity contribution in [1.29, 1.82) is 0 Å². The fourth-order valence-corrected chi connectivity index (χ4v) is 9.53. The third-order valence-corrected chi connectivity index (χ3v) is 10.9. The lowest BCUT2D eigenvalue weighted by atomic mass is 9.49. The SMILES string of the molecule is C=CCCCCC(=O)N(CC12CC3CC(CC(C3)C1)C2)C1C=C(C(=O)NCCO)C2c3cc(CO)cc(OC)c3OC2C1O. The monoisotopic (exact) mass is 608 g/mol. The van der Waals surface area contributed by atoms with E-state index in [0.29, 0.717) is 58.9 Å². The highest BCUT2D eigenvalue weighted by Gasteiger charge is 2.55. The Morgan fingerprint density at radius 2 is 1.84 bits per heavy atom. The highest BCUT2D eigenvalue weighted by atomic mass is 16.5. The second kappa shape index (κ2) is 12.9. The van der Waals surface area contributed by atoms with Gasteiger partial charge in [-0.2, -0.15) is 0 Å². The molecule has 240 valence electrons. The molecule has 4 bridgehead atoms. The number of allylic oxidation sites excluding steroid dienone is 1. The number of rotatable bonds is 13. The Kier molecular flexibility index (Phi) is 9.09. The van der Waals surface area contributed by atoms with Crippen molar-refractivity contribution in [2.75, 3.05) is 26.8 Å². The fourth-order valence-electron chi connectivity index (χ4n) is 9.53. The van der Waals surface area contributed by atoms with Gasteiger partial charge >= 0.3 is 0 Å². The molecule has 9 nitrogen and oxygen atoms in total. The van der Waals surface area contributed by atoms with Gasteiger partial charge in [-0.15, -0.1) is 6.58 Å². The molecule has 4 atom stereocenters. The molecule has 4 fully saturated rings. The van der Waals surface area contributed by atoms with Gasteiger partial charge in [0.25, 0.3) is 0 Å². The van der Waals surface area contributed by atoms with E-state index in [2.05, 4.69) is 11.9 Å². The minimum absolute atomic E-state index is 0.00525. The van der Waals surface area contributed by atoms with Gasteiger partial charge in [0.05, 0.1) is 32.3 Å². The molecule has 7 rings (SSSR count). The minimum Gasteiger partial charge on any atom is -0.493 e. The Bertz CT molecular complexity index is 1260. The van der Waals surface area contributed by atoms with Crippen LogP contribution in [0.1, 0.15) is 81.3 Å². The van der Waals surface area contributed by atoms with Crippen LogP contribution in [0.25, 0.3) is 0 Å². The zero-order chi connectivity index (χ0) is 31.0. The second-order valence-electron chi connectivity index (χ2n) is 14.0. The normalized spacial score (nSPS) is 32.7. The summed E-state index contributed by atoms with van der Waals surface area (Å²) in [5.74, 6) is 1.98. The zero-order valence-corrected chi connectivity index (χ0v) is 25.9. The molecular formula is C35H48N2O7. The Morgan fingerprint density at radius 1 is 1.14 bits per heavy atom. The van der Waals surface area contributed by atoms with Crippen molar-refractivity contribution in [3.05, 3.63) is 47.6 Å². The van der Waals surface area contributed by atoms with Crippen LogP contribution in [0.3, 0.4) is 0 Å². The van der Waals surface area contributed by atoms with E-state index in [0.717, 1.165) is 38.5 Å². The highest BCUT2D eigenvalue weighted by molar-refractivity contribution is 5.96. The molecule has 1 aromatic carbocycles. The van der Waals surface area contributed by atoms with Gasteiger partial charge in [0.1, 0.15) is 12.2 Å². The van der Waals surface area contributed by atoms with Gasteiger partial charge in [0.2, 0.25) is 11.8 Å². The number of ether oxygens (including phenoxy) is 2. The van der Waals surface area contributed by atoms with Crippen molar-refractivity contribution in [3.8, 4) is 11.5 Å². The lowest BCUT2D eigenvalue weighted by molar-refractivity contribution is -0.145. The zero-order valence-electron chi connectivity index (χ0n) is 25.9. The van der Waals surface area contributed by atoms with Crippen LogP contribution >= 0.6 is 0 Å².